The van der Waals surface area contributed by atoms with Crippen LogP contribution in [-0.4, -0.2) is 127 Å². The topological polar surface area (TPSA) is 267 Å². The molecule has 9 aromatic rings. The lowest BCUT2D eigenvalue weighted by Gasteiger charge is -2.33. The van der Waals surface area contributed by atoms with Gasteiger partial charge < -0.3 is 45.9 Å². The first-order valence-corrected chi connectivity index (χ1v) is 28.5. The van der Waals surface area contributed by atoms with Gasteiger partial charge in [0, 0.05) is 86.3 Å². The van der Waals surface area contributed by atoms with Gasteiger partial charge in [-0.05, 0) is 119 Å². The van der Waals surface area contributed by atoms with E-state index in [9.17, 15) is 18.8 Å². The summed E-state index contributed by atoms with van der Waals surface area (Å²) in [7, 11) is 4.63. The second-order valence-electron chi connectivity index (χ2n) is 21.4. The summed E-state index contributed by atoms with van der Waals surface area (Å²) in [6, 6.07) is 16.0. The molecule has 2 aliphatic rings. The van der Waals surface area contributed by atoms with E-state index in [-0.39, 0.29) is 66.3 Å². The number of hydrogen-bond acceptors (Lipinski definition) is 17. The highest BCUT2D eigenvalue weighted by molar-refractivity contribution is 5.89. The molecule has 2 aliphatic heterocycles. The zero-order valence-electron chi connectivity index (χ0n) is 49.1. The lowest BCUT2D eigenvalue weighted by atomic mass is 9.90. The van der Waals surface area contributed by atoms with Crippen LogP contribution in [0.15, 0.2) is 104 Å². The van der Waals surface area contributed by atoms with Crippen LogP contribution >= 0.6 is 0 Å². The summed E-state index contributed by atoms with van der Waals surface area (Å²) in [6.07, 6.45) is 14.5. The molecule has 448 valence electrons. The average Bonchev–Trinajstić information content (AvgIpc) is 2.64. The monoisotopic (exact) mass is 1180 g/mol. The molecule has 0 spiro atoms. The fourth-order valence-corrected chi connectivity index (χ4v) is 11.1. The summed E-state index contributed by atoms with van der Waals surface area (Å²) in [4.78, 5) is 73.5. The Hall–Kier alpha value is -10.4. The second kappa shape index (κ2) is 25.4. The number of hydrogen-bond donors (Lipinski definition) is 5. The molecule has 3 aromatic carbocycles. The Morgan fingerprint density at radius 2 is 1.16 bits per heavy atom. The number of carbonyl (C=O) groups excluding carboxylic acids is 3. The number of urea groups is 1. The normalized spacial score (nSPS) is 14.9. The number of nitrogens with one attached hydrogen (secondary N) is 5. The van der Waals surface area contributed by atoms with Crippen LogP contribution in [0, 0.1) is 32.4 Å². The third-order valence-electron chi connectivity index (χ3n) is 15.3. The molecule has 5 N–H and O–H groups in total. The van der Waals surface area contributed by atoms with Crippen molar-refractivity contribution in [1.29, 1.82) is 0 Å². The van der Waals surface area contributed by atoms with E-state index in [4.69, 9.17) is 29.4 Å². The Morgan fingerprint density at radius 1 is 0.609 bits per heavy atom. The minimum atomic E-state index is -0.557. The maximum absolute atomic E-state index is 15.4. The molecule has 0 aliphatic carbocycles. The maximum atomic E-state index is 15.4. The molecule has 87 heavy (non-hydrogen) atoms. The maximum Gasteiger partial charge on any atom is 0.319 e. The molecule has 26 heteroatoms. The molecule has 2 atom stereocenters. The molecule has 2 unspecified atom stereocenters. The molecule has 6 aromatic heterocycles. The first kappa shape index (κ1) is 58.4. The van der Waals surface area contributed by atoms with Gasteiger partial charge in [-0.2, -0.15) is 15.3 Å². The smallest absolute Gasteiger partial charge is 0.319 e. The molecule has 24 nitrogen and oxygen atoms in total. The highest BCUT2D eigenvalue weighted by Crippen LogP contribution is 2.39. The number of benzene rings is 3. The number of methoxy groups -OCH3 is 2. The van der Waals surface area contributed by atoms with Crippen molar-refractivity contribution in [1.82, 2.24) is 74.4 Å². The lowest BCUT2D eigenvalue weighted by molar-refractivity contribution is -0.134. The van der Waals surface area contributed by atoms with Crippen LogP contribution in [0.4, 0.5) is 54.2 Å². The van der Waals surface area contributed by atoms with Gasteiger partial charge in [0.15, 0.2) is 23.1 Å². The van der Waals surface area contributed by atoms with Crippen molar-refractivity contribution in [2.45, 2.75) is 78.4 Å². The van der Waals surface area contributed by atoms with Crippen LogP contribution in [0.25, 0.3) is 33.8 Å². The Bertz CT molecular complexity index is 4020. The number of anilines is 7. The van der Waals surface area contributed by atoms with Crippen LogP contribution in [0.5, 0.6) is 11.5 Å². The molecule has 4 amide bonds. The molecular formula is C61H65F2N19O5. The summed E-state index contributed by atoms with van der Waals surface area (Å²) < 4.78 is 45.1. The first-order chi connectivity index (χ1) is 42.1. The molecule has 2 saturated heterocycles. The lowest BCUT2D eigenvalue weighted by Crippen LogP contribution is -2.41. The fourth-order valence-electron chi connectivity index (χ4n) is 11.1. The van der Waals surface area contributed by atoms with Gasteiger partial charge in [0.1, 0.15) is 13.1 Å². The Labute approximate surface area is 499 Å². The van der Waals surface area contributed by atoms with Crippen molar-refractivity contribution in [2.24, 2.45) is 7.05 Å². The van der Waals surface area contributed by atoms with Gasteiger partial charge in [-0.1, -0.05) is 12.1 Å². The Balaban J connectivity index is 0.796. The van der Waals surface area contributed by atoms with E-state index in [1.54, 1.807) is 80.4 Å². The van der Waals surface area contributed by atoms with E-state index in [2.05, 4.69) is 51.8 Å². The van der Waals surface area contributed by atoms with E-state index >= 15 is 4.39 Å². The van der Waals surface area contributed by atoms with E-state index < -0.39 is 11.6 Å². The Kier molecular flexibility index (Phi) is 17.1. The largest absolute Gasteiger partial charge is 0.494 e. The average molecular weight is 1180 g/mol. The standard InChI is InChI=1S/C61H65F2N19O5/c1-8-64-61(85)72-42-17-13-38(14-18-42)54-37(4)57(77-60(74-54)70-43-26-66-78(5)30-43)48-12-10-22-82(48)52(84)34-81-32-45(28-68-81)71-59-75-55(40-16-20-50(87-7)47(63)24-40)36(3)56(76-59)41-11-9-21-79(29-41)51(83)33-80-31-44(27-67-80)69-58-65-25-35(2)53(73-58)39-15-19-49(86-6)46(62)23-39/h13-20,23-28,30-32,41,48H,8-12,21-22,29,33-34H2,1-7H3,(H2,64,72,85)(H,65,69,73)(H,70,74,77)(H,71,75,76). The number of aryl methyl sites for hydroxylation is 2. The van der Waals surface area contributed by atoms with Crippen LogP contribution in [-0.2, 0) is 29.7 Å². The number of piperidine rings is 1. The zero-order chi connectivity index (χ0) is 60.9. The summed E-state index contributed by atoms with van der Waals surface area (Å²) in [6.45, 7) is 9.29. The molecule has 11 rings (SSSR count). The van der Waals surface area contributed by atoms with Crippen molar-refractivity contribution in [2.75, 3.05) is 61.7 Å². The van der Waals surface area contributed by atoms with Gasteiger partial charge in [0.25, 0.3) is 0 Å². The van der Waals surface area contributed by atoms with Crippen molar-refractivity contribution >= 4 is 58.4 Å². The number of carbonyl (C=O) groups is 3. The third-order valence-corrected chi connectivity index (χ3v) is 15.3. The number of ether oxygens (including phenoxy) is 2. The van der Waals surface area contributed by atoms with Crippen LogP contribution in [0.1, 0.15) is 72.6 Å². The van der Waals surface area contributed by atoms with Gasteiger partial charge in [-0.25, -0.2) is 43.5 Å². The van der Waals surface area contributed by atoms with Crippen LogP contribution < -0.4 is 36.1 Å². The molecule has 2 fully saturated rings. The first-order valence-electron chi connectivity index (χ1n) is 28.5. The van der Waals surface area contributed by atoms with Gasteiger partial charge in [-0.15, -0.1) is 0 Å². The summed E-state index contributed by atoms with van der Waals surface area (Å²) in [5.74, 6) is -0.558. The number of halogens is 2. The summed E-state index contributed by atoms with van der Waals surface area (Å²) >= 11 is 0. The quantitative estimate of drug-likeness (QED) is 0.0504. The van der Waals surface area contributed by atoms with E-state index in [0.29, 0.717) is 107 Å². The van der Waals surface area contributed by atoms with Gasteiger partial charge >= 0.3 is 6.03 Å². The van der Waals surface area contributed by atoms with E-state index in [0.717, 1.165) is 35.1 Å². The highest BCUT2D eigenvalue weighted by Gasteiger charge is 2.34. The molecule has 8 heterocycles. The van der Waals surface area contributed by atoms with Gasteiger partial charge in [0.05, 0.1) is 84.4 Å². The molecule has 0 bridgehead atoms. The van der Waals surface area contributed by atoms with E-state index in [1.165, 1.54) is 26.4 Å². The van der Waals surface area contributed by atoms with Crippen molar-refractivity contribution in [3.8, 4) is 45.3 Å². The van der Waals surface area contributed by atoms with Crippen molar-refractivity contribution in [3.05, 3.63) is 144 Å². The van der Waals surface area contributed by atoms with Crippen molar-refractivity contribution < 1.29 is 32.6 Å². The fraction of sp³-hybridized carbons (Fsp3) is 0.311. The molecule has 0 radical (unpaired) electrons. The Morgan fingerprint density at radius 3 is 1.78 bits per heavy atom. The second-order valence-corrected chi connectivity index (χ2v) is 21.4. The zero-order valence-corrected chi connectivity index (χ0v) is 49.1. The molecular weight excluding hydrogens is 1120 g/mol. The number of likely N-dealkylation sites (tertiary alicyclic amines) is 2. The van der Waals surface area contributed by atoms with Crippen molar-refractivity contribution in [3.63, 3.8) is 0 Å². The van der Waals surface area contributed by atoms with Gasteiger partial charge in [0.2, 0.25) is 29.7 Å². The summed E-state index contributed by atoms with van der Waals surface area (Å²) in [5.41, 5.74) is 9.60. The number of nitrogens with zero attached hydrogens (tertiary/aromatic N) is 14. The molecule has 0 saturated carbocycles. The SMILES string of the molecule is CCNC(=O)Nc1ccc(-c2nc(Nc3cnn(C)c3)nc(C3CCCN3C(=O)Cn3cc(Nc4nc(-c5ccc(OC)c(F)c5)c(C)c(C5CCCN(C(=O)Cn6cc(Nc7ncc(C)c(-c8ccc(OC)c(F)c8)n7)cn6)C5)n4)cn3)c2C)cc1. The minimum Gasteiger partial charge on any atom is -0.494 e. The van der Waals surface area contributed by atoms with E-state index in [1.807, 2.05) is 70.1 Å². The number of amides is 4. The summed E-state index contributed by atoms with van der Waals surface area (Å²) in [5, 5.41) is 28.7. The van der Waals surface area contributed by atoms with Crippen LogP contribution in [0.2, 0.25) is 0 Å². The van der Waals surface area contributed by atoms with Gasteiger partial charge in [-0.3, -0.25) is 23.6 Å². The van der Waals surface area contributed by atoms with Crippen LogP contribution in [0.3, 0.4) is 0 Å². The predicted molar refractivity (Wildman–Crippen MR) is 322 cm³/mol. The minimum absolute atomic E-state index is 0.0423. The predicted octanol–water partition coefficient (Wildman–Crippen LogP) is 9.55. The highest BCUT2D eigenvalue weighted by atomic mass is 19.1. The number of rotatable bonds is 19. The number of aromatic nitrogens is 12. The third kappa shape index (κ3) is 13.1.